The Bertz CT molecular complexity index is 886. The lowest BCUT2D eigenvalue weighted by molar-refractivity contribution is 0.601. The maximum absolute atomic E-state index is 12.4. The largest absolute Gasteiger partial charge is 0.263 e. The number of thiazole rings is 1. The summed E-state index contributed by atoms with van der Waals surface area (Å²) in [6, 6.07) is 16.6. The molecular formula is C17H16N2O2S2. The fraction of sp³-hybridized carbons (Fsp3) is 0.118. The van der Waals surface area contributed by atoms with Crippen LogP contribution in [0.4, 0.5) is 5.13 Å². The van der Waals surface area contributed by atoms with Crippen molar-refractivity contribution in [1.29, 1.82) is 0 Å². The molecule has 4 nitrogen and oxygen atoms in total. The van der Waals surface area contributed by atoms with Crippen LogP contribution in [0.2, 0.25) is 0 Å². The van der Waals surface area contributed by atoms with Crippen LogP contribution in [0.3, 0.4) is 0 Å². The number of nitrogens with one attached hydrogen (secondary N) is 1. The topological polar surface area (TPSA) is 59.1 Å². The molecule has 0 aliphatic heterocycles. The summed E-state index contributed by atoms with van der Waals surface area (Å²) in [5.41, 5.74) is 2.12. The van der Waals surface area contributed by atoms with Gasteiger partial charge in [0.1, 0.15) is 0 Å². The molecule has 118 valence electrons. The van der Waals surface area contributed by atoms with Gasteiger partial charge in [-0.2, -0.15) is 0 Å². The Labute approximate surface area is 139 Å². The van der Waals surface area contributed by atoms with Crippen LogP contribution in [0.25, 0.3) is 10.4 Å². The molecule has 0 aliphatic carbocycles. The molecule has 0 bridgehead atoms. The smallest absolute Gasteiger partial charge is 0.255 e. The zero-order valence-electron chi connectivity index (χ0n) is 12.6. The second kappa shape index (κ2) is 6.52. The molecule has 1 aromatic heterocycles. The first-order valence-electron chi connectivity index (χ1n) is 7.21. The lowest BCUT2D eigenvalue weighted by atomic mass is 10.2. The van der Waals surface area contributed by atoms with E-state index in [1.54, 1.807) is 18.3 Å². The summed E-state index contributed by atoms with van der Waals surface area (Å²) >= 11 is 1.31. The molecule has 0 saturated heterocycles. The van der Waals surface area contributed by atoms with Crippen LogP contribution in [0.1, 0.15) is 12.5 Å². The van der Waals surface area contributed by atoms with Crippen LogP contribution in [0, 0.1) is 0 Å². The van der Waals surface area contributed by atoms with E-state index in [0.717, 1.165) is 22.4 Å². The van der Waals surface area contributed by atoms with E-state index in [1.807, 2.05) is 49.4 Å². The van der Waals surface area contributed by atoms with Crippen LogP contribution in [-0.2, 0) is 16.4 Å². The van der Waals surface area contributed by atoms with Crippen LogP contribution in [0.15, 0.2) is 65.7 Å². The first kappa shape index (κ1) is 15.7. The van der Waals surface area contributed by atoms with Gasteiger partial charge in [-0.1, -0.05) is 60.7 Å². The summed E-state index contributed by atoms with van der Waals surface area (Å²) in [5, 5.41) is 0.364. The lowest BCUT2D eigenvalue weighted by Crippen LogP contribution is -2.12. The summed E-state index contributed by atoms with van der Waals surface area (Å²) in [7, 11) is -3.61. The number of nitrogens with zero attached hydrogens (tertiary/aromatic N) is 1. The maximum Gasteiger partial charge on any atom is 0.263 e. The van der Waals surface area contributed by atoms with Crippen molar-refractivity contribution >= 4 is 26.5 Å². The Kier molecular flexibility index (Phi) is 4.45. The van der Waals surface area contributed by atoms with Crippen LogP contribution < -0.4 is 4.72 Å². The van der Waals surface area contributed by atoms with Crippen LogP contribution >= 0.6 is 11.3 Å². The van der Waals surface area contributed by atoms with Gasteiger partial charge in [0.05, 0.1) is 9.77 Å². The van der Waals surface area contributed by atoms with Crippen molar-refractivity contribution in [2.45, 2.75) is 18.2 Å². The average molecular weight is 344 g/mol. The molecule has 2 aromatic carbocycles. The minimum Gasteiger partial charge on any atom is -0.255 e. The van der Waals surface area contributed by atoms with Crippen molar-refractivity contribution in [2.75, 3.05) is 4.72 Å². The summed E-state index contributed by atoms with van der Waals surface area (Å²) in [6.45, 7) is 2.03. The number of aromatic nitrogens is 1. The standard InChI is InChI=1S/C17H16N2O2S2/c1-2-13-8-10-15(11-9-13)23(20,21)19-17-18-12-16(22-17)14-6-4-3-5-7-14/h3-12H,2H2,1H3,(H,18,19). The maximum atomic E-state index is 12.4. The predicted octanol–water partition coefficient (Wildman–Crippen LogP) is 4.17. The number of aryl methyl sites for hydroxylation is 1. The number of rotatable bonds is 5. The highest BCUT2D eigenvalue weighted by Crippen LogP contribution is 2.29. The van der Waals surface area contributed by atoms with Gasteiger partial charge in [-0.25, -0.2) is 13.4 Å². The molecule has 0 fully saturated rings. The van der Waals surface area contributed by atoms with Crippen molar-refractivity contribution in [3.05, 3.63) is 66.4 Å². The first-order valence-corrected chi connectivity index (χ1v) is 9.51. The third kappa shape index (κ3) is 3.60. The van der Waals surface area contributed by atoms with E-state index < -0.39 is 10.0 Å². The fourth-order valence-corrected chi connectivity index (χ4v) is 4.20. The SMILES string of the molecule is CCc1ccc(S(=O)(=O)Nc2ncc(-c3ccccc3)s2)cc1. The predicted molar refractivity (Wildman–Crippen MR) is 94.2 cm³/mol. The Hall–Kier alpha value is -2.18. The van der Waals surface area contributed by atoms with Crippen molar-refractivity contribution in [3.8, 4) is 10.4 Å². The molecule has 1 heterocycles. The number of anilines is 1. The minimum absolute atomic E-state index is 0.242. The normalized spacial score (nSPS) is 11.3. The van der Waals surface area contributed by atoms with Crippen LogP contribution in [0.5, 0.6) is 0 Å². The average Bonchev–Trinajstić information content (AvgIpc) is 3.03. The van der Waals surface area contributed by atoms with Crippen molar-refractivity contribution < 1.29 is 8.42 Å². The molecule has 1 N–H and O–H groups in total. The Morgan fingerprint density at radius 1 is 1.04 bits per heavy atom. The molecule has 0 aliphatic rings. The number of benzene rings is 2. The van der Waals surface area contributed by atoms with Gasteiger partial charge in [0.2, 0.25) is 0 Å². The van der Waals surface area contributed by atoms with E-state index in [9.17, 15) is 8.42 Å². The monoisotopic (exact) mass is 344 g/mol. The van der Waals surface area contributed by atoms with Gasteiger partial charge in [0, 0.05) is 6.20 Å². The molecule has 0 saturated carbocycles. The molecule has 0 spiro atoms. The molecule has 0 unspecified atom stereocenters. The van der Waals surface area contributed by atoms with Crippen molar-refractivity contribution in [2.24, 2.45) is 0 Å². The second-order valence-electron chi connectivity index (χ2n) is 5.00. The molecule has 23 heavy (non-hydrogen) atoms. The van der Waals surface area contributed by atoms with E-state index in [1.165, 1.54) is 11.3 Å². The zero-order chi connectivity index (χ0) is 16.3. The molecule has 6 heteroatoms. The van der Waals surface area contributed by atoms with E-state index in [0.29, 0.717) is 5.13 Å². The van der Waals surface area contributed by atoms with E-state index in [2.05, 4.69) is 9.71 Å². The summed E-state index contributed by atoms with van der Waals surface area (Å²) in [5.74, 6) is 0. The molecule has 0 atom stereocenters. The second-order valence-corrected chi connectivity index (χ2v) is 7.71. The minimum atomic E-state index is -3.61. The van der Waals surface area contributed by atoms with Gasteiger partial charge < -0.3 is 0 Å². The highest BCUT2D eigenvalue weighted by molar-refractivity contribution is 7.93. The Balaban J connectivity index is 1.82. The Morgan fingerprint density at radius 3 is 2.39 bits per heavy atom. The molecule has 0 amide bonds. The van der Waals surface area contributed by atoms with E-state index in [-0.39, 0.29) is 4.90 Å². The van der Waals surface area contributed by atoms with Crippen molar-refractivity contribution in [1.82, 2.24) is 4.98 Å². The highest BCUT2D eigenvalue weighted by atomic mass is 32.2. The molecule has 3 rings (SSSR count). The summed E-state index contributed by atoms with van der Waals surface area (Å²) in [6.07, 6.45) is 2.55. The van der Waals surface area contributed by atoms with Gasteiger partial charge in [0.15, 0.2) is 5.13 Å². The van der Waals surface area contributed by atoms with Gasteiger partial charge >= 0.3 is 0 Å². The Morgan fingerprint density at radius 2 is 1.74 bits per heavy atom. The molecular weight excluding hydrogens is 328 g/mol. The van der Waals surface area contributed by atoms with E-state index in [4.69, 9.17) is 0 Å². The van der Waals surface area contributed by atoms with Crippen molar-refractivity contribution in [3.63, 3.8) is 0 Å². The number of hydrogen-bond donors (Lipinski definition) is 1. The molecule has 0 radical (unpaired) electrons. The van der Waals surface area contributed by atoms with Gasteiger partial charge in [-0.3, -0.25) is 4.72 Å². The van der Waals surface area contributed by atoms with E-state index >= 15 is 0 Å². The third-order valence-corrected chi connectivity index (χ3v) is 5.87. The number of hydrogen-bond acceptors (Lipinski definition) is 4. The lowest BCUT2D eigenvalue weighted by Gasteiger charge is -2.05. The summed E-state index contributed by atoms with van der Waals surface area (Å²) in [4.78, 5) is 5.33. The number of sulfonamides is 1. The third-order valence-electron chi connectivity index (χ3n) is 3.43. The van der Waals surface area contributed by atoms with Crippen LogP contribution in [-0.4, -0.2) is 13.4 Å². The van der Waals surface area contributed by atoms with Gasteiger partial charge in [0.25, 0.3) is 10.0 Å². The van der Waals surface area contributed by atoms with Gasteiger partial charge in [-0.15, -0.1) is 0 Å². The quantitative estimate of drug-likeness (QED) is 0.755. The van der Waals surface area contributed by atoms with Gasteiger partial charge in [-0.05, 0) is 29.7 Å². The summed E-state index contributed by atoms with van der Waals surface area (Å²) < 4.78 is 27.3. The first-order chi connectivity index (χ1) is 11.1. The zero-order valence-corrected chi connectivity index (χ0v) is 14.2. The fourth-order valence-electron chi connectivity index (χ4n) is 2.14. The molecule has 3 aromatic rings. The highest BCUT2D eigenvalue weighted by Gasteiger charge is 2.16.